The van der Waals surface area contributed by atoms with Crippen LogP contribution < -0.4 is 10.6 Å². The standard InChI is InChI=1S/C15H16ClN3O2S/c1-3-7-17-15-19-14(21)12(22-15)8-13(20)18-11-6-4-5-10(16)9(11)2/h3-6,12H,1,7-8H2,2H3,(H,18,20)(H,17,19,21)/t12-/m1/s1. The van der Waals surface area contributed by atoms with Gasteiger partial charge in [-0.1, -0.05) is 35.5 Å². The van der Waals surface area contributed by atoms with Gasteiger partial charge in [0.05, 0.1) is 6.54 Å². The topological polar surface area (TPSA) is 70.6 Å². The van der Waals surface area contributed by atoms with E-state index >= 15 is 0 Å². The average molecular weight is 338 g/mol. The summed E-state index contributed by atoms with van der Waals surface area (Å²) in [4.78, 5) is 28.1. The molecule has 0 bridgehead atoms. The summed E-state index contributed by atoms with van der Waals surface area (Å²) in [5, 5.41) is 6.08. The molecule has 0 saturated carbocycles. The summed E-state index contributed by atoms with van der Waals surface area (Å²) in [6, 6.07) is 5.30. The molecule has 2 rings (SSSR count). The molecule has 0 radical (unpaired) electrons. The molecule has 1 heterocycles. The van der Waals surface area contributed by atoms with Gasteiger partial charge >= 0.3 is 0 Å². The Balaban J connectivity index is 1.96. The molecule has 0 aromatic heterocycles. The molecular weight excluding hydrogens is 322 g/mol. The number of carbonyl (C=O) groups excluding carboxylic acids is 2. The SMILES string of the molecule is C=CCN=C1NC(=O)[C@@H](CC(=O)Nc2cccc(Cl)c2C)S1. The fraction of sp³-hybridized carbons (Fsp3) is 0.267. The van der Waals surface area contributed by atoms with Crippen molar-refractivity contribution in [3.63, 3.8) is 0 Å². The van der Waals surface area contributed by atoms with E-state index in [0.717, 1.165) is 5.56 Å². The van der Waals surface area contributed by atoms with Crippen LogP contribution in [0.25, 0.3) is 0 Å². The number of amidine groups is 1. The van der Waals surface area contributed by atoms with Crippen molar-refractivity contribution in [1.82, 2.24) is 5.32 Å². The normalized spacial score (nSPS) is 19.1. The predicted molar refractivity (Wildman–Crippen MR) is 91.5 cm³/mol. The van der Waals surface area contributed by atoms with Gasteiger partial charge in [-0.2, -0.15) is 0 Å². The first-order valence-electron chi connectivity index (χ1n) is 6.69. The minimum Gasteiger partial charge on any atom is -0.326 e. The molecule has 0 unspecified atom stereocenters. The monoisotopic (exact) mass is 337 g/mol. The predicted octanol–water partition coefficient (Wildman–Crippen LogP) is 2.75. The van der Waals surface area contributed by atoms with Gasteiger partial charge in [0.15, 0.2) is 5.17 Å². The summed E-state index contributed by atoms with van der Waals surface area (Å²) < 4.78 is 0. The molecule has 1 saturated heterocycles. The number of hydrogen-bond acceptors (Lipinski definition) is 4. The van der Waals surface area contributed by atoms with E-state index in [9.17, 15) is 9.59 Å². The number of thioether (sulfide) groups is 1. The van der Waals surface area contributed by atoms with Crippen LogP contribution >= 0.6 is 23.4 Å². The van der Waals surface area contributed by atoms with E-state index in [1.54, 1.807) is 24.3 Å². The van der Waals surface area contributed by atoms with Crippen LogP contribution in [0.4, 0.5) is 5.69 Å². The third-order valence-electron chi connectivity index (χ3n) is 3.05. The number of benzene rings is 1. The van der Waals surface area contributed by atoms with Gasteiger partial charge in [0, 0.05) is 17.1 Å². The Morgan fingerprint density at radius 3 is 3.09 bits per heavy atom. The molecule has 1 aliphatic heterocycles. The van der Waals surface area contributed by atoms with E-state index < -0.39 is 5.25 Å². The molecule has 5 nitrogen and oxygen atoms in total. The first-order chi connectivity index (χ1) is 10.5. The summed E-state index contributed by atoms with van der Waals surface area (Å²) in [5.41, 5.74) is 1.45. The van der Waals surface area contributed by atoms with Gasteiger partial charge in [-0.05, 0) is 24.6 Å². The second-order valence-electron chi connectivity index (χ2n) is 4.69. The quantitative estimate of drug-likeness (QED) is 0.812. The van der Waals surface area contributed by atoms with Gasteiger partial charge in [0.2, 0.25) is 11.8 Å². The Labute approximate surface area is 138 Å². The van der Waals surface area contributed by atoms with Crippen LogP contribution in [0.3, 0.4) is 0 Å². The van der Waals surface area contributed by atoms with Crippen molar-refractivity contribution >= 4 is 46.0 Å². The van der Waals surface area contributed by atoms with Crippen molar-refractivity contribution in [2.75, 3.05) is 11.9 Å². The van der Waals surface area contributed by atoms with Crippen molar-refractivity contribution in [2.45, 2.75) is 18.6 Å². The molecule has 1 aliphatic rings. The van der Waals surface area contributed by atoms with Gasteiger partial charge in [0.1, 0.15) is 5.25 Å². The van der Waals surface area contributed by atoms with Crippen LogP contribution in [0.5, 0.6) is 0 Å². The van der Waals surface area contributed by atoms with E-state index in [1.165, 1.54) is 11.8 Å². The zero-order valence-electron chi connectivity index (χ0n) is 12.1. The highest BCUT2D eigenvalue weighted by Gasteiger charge is 2.31. The number of anilines is 1. The van der Waals surface area contributed by atoms with Gasteiger partial charge < -0.3 is 10.6 Å². The van der Waals surface area contributed by atoms with E-state index in [1.807, 2.05) is 6.92 Å². The molecule has 7 heteroatoms. The molecule has 22 heavy (non-hydrogen) atoms. The minimum atomic E-state index is -0.469. The summed E-state index contributed by atoms with van der Waals surface area (Å²) in [5.74, 6) is -0.436. The summed E-state index contributed by atoms with van der Waals surface area (Å²) in [7, 11) is 0. The fourth-order valence-corrected chi connectivity index (χ4v) is 3.03. The van der Waals surface area contributed by atoms with Gasteiger partial charge in [-0.25, -0.2) is 0 Å². The highest BCUT2D eigenvalue weighted by Crippen LogP contribution is 2.25. The van der Waals surface area contributed by atoms with Crippen LogP contribution in [0.2, 0.25) is 5.02 Å². The molecule has 1 atom stereocenters. The van der Waals surface area contributed by atoms with E-state index in [2.05, 4.69) is 22.2 Å². The van der Waals surface area contributed by atoms with E-state index in [-0.39, 0.29) is 18.2 Å². The lowest BCUT2D eigenvalue weighted by Gasteiger charge is -2.10. The van der Waals surface area contributed by atoms with Crippen molar-refractivity contribution in [2.24, 2.45) is 4.99 Å². The Bertz CT molecular complexity index is 646. The molecule has 1 aromatic carbocycles. The van der Waals surface area contributed by atoms with Crippen LogP contribution in [0.15, 0.2) is 35.8 Å². The van der Waals surface area contributed by atoms with E-state index in [0.29, 0.717) is 22.4 Å². The van der Waals surface area contributed by atoms with Crippen LogP contribution in [0.1, 0.15) is 12.0 Å². The second-order valence-corrected chi connectivity index (χ2v) is 6.29. The van der Waals surface area contributed by atoms with Crippen molar-refractivity contribution in [3.8, 4) is 0 Å². The molecule has 116 valence electrons. The molecule has 2 N–H and O–H groups in total. The summed E-state index contributed by atoms with van der Waals surface area (Å²) in [6.45, 7) is 5.83. The fourth-order valence-electron chi connectivity index (χ4n) is 1.87. The van der Waals surface area contributed by atoms with Crippen LogP contribution in [0, 0.1) is 6.92 Å². The minimum absolute atomic E-state index is 0.0789. The molecule has 0 aliphatic carbocycles. The lowest BCUT2D eigenvalue weighted by molar-refractivity contribution is -0.122. The molecular formula is C15H16ClN3O2S. The number of aliphatic imine (C=N–C) groups is 1. The van der Waals surface area contributed by atoms with Crippen molar-refractivity contribution in [3.05, 3.63) is 41.4 Å². The maximum Gasteiger partial charge on any atom is 0.240 e. The number of carbonyl (C=O) groups is 2. The van der Waals surface area contributed by atoms with Crippen molar-refractivity contribution < 1.29 is 9.59 Å². The summed E-state index contributed by atoms with van der Waals surface area (Å²) in [6.07, 6.45) is 1.72. The first kappa shape index (κ1) is 16.6. The third kappa shape index (κ3) is 4.11. The molecule has 1 aromatic rings. The maximum absolute atomic E-state index is 12.1. The number of nitrogens with zero attached hydrogens (tertiary/aromatic N) is 1. The number of hydrogen-bond donors (Lipinski definition) is 2. The zero-order valence-corrected chi connectivity index (χ0v) is 13.6. The molecule has 0 spiro atoms. The third-order valence-corrected chi connectivity index (χ3v) is 4.58. The number of halogens is 1. The average Bonchev–Trinajstić information content (AvgIpc) is 2.82. The van der Waals surface area contributed by atoms with Crippen LogP contribution in [-0.4, -0.2) is 28.8 Å². The van der Waals surface area contributed by atoms with Gasteiger partial charge in [-0.15, -0.1) is 6.58 Å². The number of rotatable bonds is 5. The maximum atomic E-state index is 12.1. The number of nitrogens with one attached hydrogen (secondary N) is 2. The van der Waals surface area contributed by atoms with Crippen LogP contribution in [-0.2, 0) is 9.59 Å². The Morgan fingerprint density at radius 1 is 1.59 bits per heavy atom. The highest BCUT2D eigenvalue weighted by molar-refractivity contribution is 8.15. The zero-order chi connectivity index (χ0) is 16.1. The molecule has 2 amide bonds. The Kier molecular flexibility index (Phi) is 5.63. The largest absolute Gasteiger partial charge is 0.326 e. The van der Waals surface area contributed by atoms with Gasteiger partial charge in [0.25, 0.3) is 0 Å². The Hall–Kier alpha value is -1.79. The lowest BCUT2D eigenvalue weighted by Crippen LogP contribution is -2.28. The number of amides is 2. The first-order valence-corrected chi connectivity index (χ1v) is 7.95. The smallest absolute Gasteiger partial charge is 0.240 e. The Morgan fingerprint density at radius 2 is 2.36 bits per heavy atom. The van der Waals surface area contributed by atoms with E-state index in [4.69, 9.17) is 11.6 Å². The van der Waals surface area contributed by atoms with Gasteiger partial charge in [-0.3, -0.25) is 14.6 Å². The molecule has 1 fully saturated rings. The second kappa shape index (κ2) is 7.47. The summed E-state index contributed by atoms with van der Waals surface area (Å²) >= 11 is 7.27. The van der Waals surface area contributed by atoms with Crippen molar-refractivity contribution in [1.29, 1.82) is 0 Å². The highest BCUT2D eigenvalue weighted by atomic mass is 35.5. The lowest BCUT2D eigenvalue weighted by atomic mass is 10.2.